The smallest absolute Gasteiger partial charge is 0.416 e. The van der Waals surface area contributed by atoms with Gasteiger partial charge in [-0.1, -0.05) is 24.3 Å². The monoisotopic (exact) mass is 510 g/mol. The van der Waals surface area contributed by atoms with Gasteiger partial charge in [-0.3, -0.25) is 4.79 Å². The summed E-state index contributed by atoms with van der Waals surface area (Å²) >= 11 is 0. The number of nitrogens with one attached hydrogen (secondary N) is 1. The van der Waals surface area contributed by atoms with Crippen LogP contribution in [0.3, 0.4) is 0 Å². The maximum atomic E-state index is 13.3. The van der Waals surface area contributed by atoms with Crippen LogP contribution in [0.15, 0.2) is 72.8 Å². The van der Waals surface area contributed by atoms with Crippen molar-refractivity contribution >= 4 is 11.6 Å². The zero-order valence-electron chi connectivity index (χ0n) is 20.4. The van der Waals surface area contributed by atoms with Crippen molar-refractivity contribution in [3.63, 3.8) is 0 Å². The number of ether oxygens (including phenoxy) is 2. The van der Waals surface area contributed by atoms with Crippen LogP contribution in [0.4, 0.5) is 18.9 Å². The largest absolute Gasteiger partial charge is 0.497 e. The third-order valence-electron chi connectivity index (χ3n) is 5.30. The van der Waals surface area contributed by atoms with E-state index in [0.717, 1.165) is 17.7 Å². The quantitative estimate of drug-likeness (QED) is 0.318. The predicted octanol–water partition coefficient (Wildman–Crippen LogP) is 5.93. The Balaban J connectivity index is 1.57. The minimum atomic E-state index is -4.50. The van der Waals surface area contributed by atoms with Crippen LogP contribution in [-0.4, -0.2) is 33.9 Å². The number of alkyl halides is 3. The molecule has 7 nitrogen and oxygen atoms in total. The molecule has 0 unspecified atom stereocenters. The Morgan fingerprint density at radius 1 is 1.03 bits per heavy atom. The lowest BCUT2D eigenvalue weighted by Gasteiger charge is -2.10. The summed E-state index contributed by atoms with van der Waals surface area (Å²) in [5.41, 5.74) is 1.37. The predicted molar refractivity (Wildman–Crippen MR) is 133 cm³/mol. The van der Waals surface area contributed by atoms with Crippen LogP contribution in [0, 0.1) is 0 Å². The number of carbonyl (C=O) groups excluding carboxylic acids is 1. The molecular weight excluding hydrogens is 485 g/mol. The number of amides is 1. The minimum Gasteiger partial charge on any atom is -0.497 e. The van der Waals surface area contributed by atoms with E-state index >= 15 is 0 Å². The normalized spacial score (nSPS) is 11.4. The molecule has 0 aliphatic carbocycles. The first-order chi connectivity index (χ1) is 17.6. The summed E-state index contributed by atoms with van der Waals surface area (Å²) in [5.74, 6) is 0.702. The third kappa shape index (κ3) is 6.46. The standard InChI is InChI=1S/C27H25F3N4O3/c1-17(2)37-26-32-25(19-5-4-6-20(16-19)27(28,29)30)34(33-26)22-11-9-21(10-12-22)31-24(35)15-18-7-13-23(36-3)14-8-18/h4-14,16-17H,15H2,1-3H3,(H,31,35). The van der Waals surface area contributed by atoms with Crippen LogP contribution in [0.5, 0.6) is 11.8 Å². The summed E-state index contributed by atoms with van der Waals surface area (Å²) in [4.78, 5) is 16.8. The average molecular weight is 511 g/mol. The highest BCUT2D eigenvalue weighted by Gasteiger charge is 2.31. The highest BCUT2D eigenvalue weighted by Crippen LogP contribution is 2.33. The second-order valence-corrected chi connectivity index (χ2v) is 8.49. The Hall–Kier alpha value is -4.34. The Labute approximate surface area is 211 Å². The molecule has 1 N–H and O–H groups in total. The van der Waals surface area contributed by atoms with Crippen LogP contribution in [0.25, 0.3) is 17.1 Å². The van der Waals surface area contributed by atoms with Crippen molar-refractivity contribution < 1.29 is 27.4 Å². The first kappa shape index (κ1) is 25.7. The number of nitrogens with zero attached hydrogens (tertiary/aromatic N) is 3. The van der Waals surface area contributed by atoms with Gasteiger partial charge in [0.15, 0.2) is 5.82 Å². The summed E-state index contributed by atoms with van der Waals surface area (Å²) in [5, 5.41) is 7.19. The topological polar surface area (TPSA) is 78.3 Å². The zero-order valence-corrected chi connectivity index (χ0v) is 20.4. The molecule has 0 aliphatic heterocycles. The van der Waals surface area contributed by atoms with Gasteiger partial charge in [-0.15, -0.1) is 5.10 Å². The van der Waals surface area contributed by atoms with Crippen molar-refractivity contribution in [2.24, 2.45) is 0 Å². The fourth-order valence-corrected chi connectivity index (χ4v) is 3.58. The van der Waals surface area contributed by atoms with Gasteiger partial charge in [-0.2, -0.15) is 18.2 Å². The Morgan fingerprint density at radius 3 is 2.35 bits per heavy atom. The van der Waals surface area contributed by atoms with Gasteiger partial charge < -0.3 is 14.8 Å². The van der Waals surface area contributed by atoms with E-state index in [9.17, 15) is 18.0 Å². The van der Waals surface area contributed by atoms with Crippen LogP contribution >= 0.6 is 0 Å². The summed E-state index contributed by atoms with van der Waals surface area (Å²) in [6.07, 6.45) is -4.54. The number of benzene rings is 3. The molecule has 4 rings (SSSR count). The molecule has 0 saturated carbocycles. The molecule has 0 atom stereocenters. The lowest BCUT2D eigenvalue weighted by molar-refractivity contribution is -0.137. The lowest BCUT2D eigenvalue weighted by Crippen LogP contribution is -2.14. The SMILES string of the molecule is COc1ccc(CC(=O)Nc2ccc(-n3nc(OC(C)C)nc3-c3cccc(C(F)(F)F)c3)cc2)cc1. The van der Waals surface area contributed by atoms with Crippen LogP contribution in [0.1, 0.15) is 25.0 Å². The maximum Gasteiger partial charge on any atom is 0.416 e. The Morgan fingerprint density at radius 2 is 1.73 bits per heavy atom. The first-order valence-corrected chi connectivity index (χ1v) is 11.5. The highest BCUT2D eigenvalue weighted by molar-refractivity contribution is 5.92. The minimum absolute atomic E-state index is 0.0410. The second kappa shape index (κ2) is 10.7. The van der Waals surface area contributed by atoms with Gasteiger partial charge in [0.2, 0.25) is 5.91 Å². The number of halogens is 3. The van der Waals surface area contributed by atoms with Crippen molar-refractivity contribution in [3.05, 3.63) is 83.9 Å². The molecule has 1 aromatic heterocycles. The number of aromatic nitrogens is 3. The molecule has 0 radical (unpaired) electrons. The van der Waals surface area contributed by atoms with E-state index in [1.165, 1.54) is 16.8 Å². The van der Waals surface area contributed by atoms with Gasteiger partial charge in [0.25, 0.3) is 0 Å². The molecule has 0 fully saturated rings. The van der Waals surface area contributed by atoms with Crippen molar-refractivity contribution in [1.29, 1.82) is 0 Å². The molecule has 37 heavy (non-hydrogen) atoms. The van der Waals surface area contributed by atoms with Crippen LogP contribution in [0.2, 0.25) is 0 Å². The molecule has 192 valence electrons. The van der Waals surface area contributed by atoms with E-state index in [-0.39, 0.29) is 35.8 Å². The van der Waals surface area contributed by atoms with Crippen molar-refractivity contribution in [1.82, 2.24) is 14.8 Å². The van der Waals surface area contributed by atoms with E-state index in [0.29, 0.717) is 17.1 Å². The Kier molecular flexibility index (Phi) is 7.47. The third-order valence-corrected chi connectivity index (χ3v) is 5.30. The Bertz CT molecular complexity index is 1370. The summed E-state index contributed by atoms with van der Waals surface area (Å²) < 4.78 is 52.0. The average Bonchev–Trinajstić information content (AvgIpc) is 3.27. The van der Waals surface area contributed by atoms with E-state index in [2.05, 4.69) is 15.4 Å². The van der Waals surface area contributed by atoms with Gasteiger partial charge >= 0.3 is 12.2 Å². The summed E-state index contributed by atoms with van der Waals surface area (Å²) in [7, 11) is 1.57. The van der Waals surface area contributed by atoms with Crippen molar-refractivity contribution in [2.75, 3.05) is 12.4 Å². The molecule has 1 amide bonds. The fraction of sp³-hybridized carbons (Fsp3) is 0.222. The van der Waals surface area contributed by atoms with Gasteiger partial charge in [0.1, 0.15) is 5.75 Å². The molecule has 3 aromatic carbocycles. The number of methoxy groups -OCH3 is 1. The molecule has 0 bridgehead atoms. The molecule has 10 heteroatoms. The molecular formula is C27H25F3N4O3. The zero-order chi connectivity index (χ0) is 26.6. The van der Waals surface area contributed by atoms with E-state index in [4.69, 9.17) is 9.47 Å². The molecule has 4 aromatic rings. The number of hydrogen-bond acceptors (Lipinski definition) is 5. The van der Waals surface area contributed by atoms with Crippen LogP contribution in [-0.2, 0) is 17.4 Å². The van der Waals surface area contributed by atoms with Gasteiger partial charge in [-0.05, 0) is 67.9 Å². The molecule has 0 aliphatic rings. The van der Waals surface area contributed by atoms with Crippen LogP contribution < -0.4 is 14.8 Å². The van der Waals surface area contributed by atoms with E-state index in [1.807, 2.05) is 12.1 Å². The fourth-order valence-electron chi connectivity index (χ4n) is 3.58. The molecule has 0 saturated heterocycles. The summed E-state index contributed by atoms with van der Waals surface area (Å²) in [6, 6.07) is 18.9. The van der Waals surface area contributed by atoms with Crippen molar-refractivity contribution in [2.45, 2.75) is 32.5 Å². The lowest BCUT2D eigenvalue weighted by atomic mass is 10.1. The summed E-state index contributed by atoms with van der Waals surface area (Å²) in [6.45, 7) is 3.60. The first-order valence-electron chi connectivity index (χ1n) is 11.5. The number of hydrogen-bond donors (Lipinski definition) is 1. The van der Waals surface area contributed by atoms with Gasteiger partial charge in [0, 0.05) is 11.3 Å². The van der Waals surface area contributed by atoms with E-state index in [1.54, 1.807) is 57.4 Å². The number of rotatable bonds is 8. The maximum absolute atomic E-state index is 13.3. The highest BCUT2D eigenvalue weighted by atomic mass is 19.4. The number of anilines is 1. The molecule has 0 spiro atoms. The van der Waals surface area contributed by atoms with E-state index < -0.39 is 11.7 Å². The number of carbonyl (C=O) groups is 1. The van der Waals surface area contributed by atoms with Gasteiger partial charge in [-0.25, -0.2) is 4.68 Å². The van der Waals surface area contributed by atoms with Crippen molar-refractivity contribution in [3.8, 4) is 28.8 Å². The molecule has 1 heterocycles. The second-order valence-electron chi connectivity index (χ2n) is 8.49. The van der Waals surface area contributed by atoms with Gasteiger partial charge in [0.05, 0.1) is 30.9 Å².